The Bertz CT molecular complexity index is 866. The quantitative estimate of drug-likeness (QED) is 0.783. The number of hydrogen-bond donors (Lipinski definition) is 1. The lowest BCUT2D eigenvalue weighted by molar-refractivity contribution is -0.116. The van der Waals surface area contributed by atoms with Crippen LogP contribution in [0.1, 0.15) is 5.76 Å². The van der Waals surface area contributed by atoms with Gasteiger partial charge in [-0.2, -0.15) is 0 Å². The fourth-order valence-electron chi connectivity index (χ4n) is 2.03. The average molecular weight is 284 g/mol. The van der Waals surface area contributed by atoms with Gasteiger partial charge < -0.3 is 9.84 Å². The molecular weight excluding hydrogens is 272 g/mol. The zero-order valence-electron chi connectivity index (χ0n) is 11.2. The highest BCUT2D eigenvalue weighted by Gasteiger charge is 2.10. The van der Waals surface area contributed by atoms with Crippen molar-refractivity contribution in [2.24, 2.45) is 0 Å². The first-order valence-electron chi connectivity index (χ1n) is 6.31. The van der Waals surface area contributed by atoms with Crippen LogP contribution in [0, 0.1) is 6.92 Å². The molecule has 0 bridgehead atoms. The molecule has 0 aliphatic heterocycles. The van der Waals surface area contributed by atoms with E-state index in [-0.39, 0.29) is 18.0 Å². The van der Waals surface area contributed by atoms with Crippen LogP contribution in [0.25, 0.3) is 11.0 Å². The number of hydrogen-bond acceptors (Lipinski definition) is 5. The Labute approximate surface area is 119 Å². The minimum atomic E-state index is -0.359. The van der Waals surface area contributed by atoms with Crippen LogP contribution >= 0.6 is 0 Å². The second kappa shape index (κ2) is 5.20. The molecule has 7 nitrogen and oxygen atoms in total. The molecule has 0 radical (unpaired) electrons. The molecule has 0 saturated carbocycles. The molecular formula is C14H12N4O3. The lowest BCUT2D eigenvalue weighted by atomic mass is 10.3. The number of benzene rings is 1. The first kappa shape index (κ1) is 13.0. The van der Waals surface area contributed by atoms with Crippen LogP contribution in [0.15, 0.2) is 45.8 Å². The monoisotopic (exact) mass is 284 g/mol. The minimum absolute atomic E-state index is 0.117. The molecule has 1 aromatic carbocycles. The van der Waals surface area contributed by atoms with E-state index in [0.29, 0.717) is 22.6 Å². The maximum absolute atomic E-state index is 12.0. The SMILES string of the molecule is Cc1cc(NC(=O)Cn2c(=O)cnc3ccccc32)no1. The van der Waals surface area contributed by atoms with E-state index in [1.807, 2.05) is 6.07 Å². The summed E-state index contributed by atoms with van der Waals surface area (Å²) in [4.78, 5) is 28.0. The topological polar surface area (TPSA) is 90.0 Å². The third-order valence-electron chi connectivity index (χ3n) is 2.95. The number of carbonyl (C=O) groups is 1. The van der Waals surface area contributed by atoms with Crippen molar-refractivity contribution in [2.45, 2.75) is 13.5 Å². The number of para-hydroxylation sites is 2. The Morgan fingerprint density at radius 1 is 1.38 bits per heavy atom. The van der Waals surface area contributed by atoms with Crippen molar-refractivity contribution in [3.05, 3.63) is 52.6 Å². The molecule has 0 saturated heterocycles. The van der Waals surface area contributed by atoms with Crippen molar-refractivity contribution >= 4 is 22.8 Å². The Morgan fingerprint density at radius 3 is 2.95 bits per heavy atom. The molecule has 0 spiro atoms. The van der Waals surface area contributed by atoms with Crippen LogP contribution in [-0.2, 0) is 11.3 Å². The average Bonchev–Trinajstić information content (AvgIpc) is 2.87. The number of anilines is 1. The molecule has 0 aliphatic carbocycles. The Balaban J connectivity index is 1.89. The van der Waals surface area contributed by atoms with Gasteiger partial charge in [-0.25, -0.2) is 4.98 Å². The molecule has 106 valence electrons. The normalized spacial score (nSPS) is 10.7. The first-order chi connectivity index (χ1) is 10.1. The van der Waals surface area contributed by atoms with E-state index in [1.165, 1.54) is 10.8 Å². The molecule has 0 atom stereocenters. The smallest absolute Gasteiger partial charge is 0.269 e. The van der Waals surface area contributed by atoms with Crippen molar-refractivity contribution < 1.29 is 9.32 Å². The summed E-state index contributed by atoms with van der Waals surface area (Å²) in [5, 5.41) is 6.25. The summed E-state index contributed by atoms with van der Waals surface area (Å²) in [7, 11) is 0. The van der Waals surface area contributed by atoms with Gasteiger partial charge in [0.15, 0.2) is 5.82 Å². The summed E-state index contributed by atoms with van der Waals surface area (Å²) in [6.07, 6.45) is 1.20. The van der Waals surface area contributed by atoms with Gasteiger partial charge in [-0.05, 0) is 19.1 Å². The lowest BCUT2D eigenvalue weighted by Crippen LogP contribution is -2.28. The molecule has 21 heavy (non-hydrogen) atoms. The van der Waals surface area contributed by atoms with Crippen LogP contribution in [-0.4, -0.2) is 20.6 Å². The van der Waals surface area contributed by atoms with Crippen LogP contribution in [0.4, 0.5) is 5.82 Å². The molecule has 0 fully saturated rings. The highest BCUT2D eigenvalue weighted by atomic mass is 16.5. The number of aryl methyl sites for hydroxylation is 1. The number of nitrogens with one attached hydrogen (secondary N) is 1. The molecule has 0 aliphatic rings. The molecule has 3 rings (SSSR count). The van der Waals surface area contributed by atoms with E-state index >= 15 is 0 Å². The van der Waals surface area contributed by atoms with Gasteiger partial charge in [0.05, 0.1) is 17.2 Å². The number of carbonyl (C=O) groups excluding carboxylic acids is 1. The second-order valence-corrected chi connectivity index (χ2v) is 4.54. The summed E-state index contributed by atoms with van der Waals surface area (Å²) < 4.78 is 6.23. The van der Waals surface area contributed by atoms with Crippen molar-refractivity contribution in [1.29, 1.82) is 0 Å². The molecule has 0 unspecified atom stereocenters. The molecule has 1 N–H and O–H groups in total. The minimum Gasteiger partial charge on any atom is -0.360 e. The third kappa shape index (κ3) is 2.66. The van der Waals surface area contributed by atoms with Crippen LogP contribution in [0.3, 0.4) is 0 Å². The van der Waals surface area contributed by atoms with Crippen molar-refractivity contribution in [2.75, 3.05) is 5.32 Å². The maximum Gasteiger partial charge on any atom is 0.269 e. The number of nitrogens with zero attached hydrogens (tertiary/aromatic N) is 3. The van der Waals surface area contributed by atoms with Gasteiger partial charge in [-0.15, -0.1) is 0 Å². The van der Waals surface area contributed by atoms with Gasteiger partial charge in [-0.1, -0.05) is 17.3 Å². The summed E-state index contributed by atoms with van der Waals surface area (Å²) in [5.41, 5.74) is 0.929. The predicted molar refractivity (Wildman–Crippen MR) is 75.9 cm³/mol. The number of aromatic nitrogens is 3. The van der Waals surface area contributed by atoms with E-state index < -0.39 is 0 Å². The summed E-state index contributed by atoms with van der Waals surface area (Å²) in [5.74, 6) is 0.558. The number of amides is 1. The highest BCUT2D eigenvalue weighted by Crippen LogP contribution is 2.10. The third-order valence-corrected chi connectivity index (χ3v) is 2.95. The zero-order chi connectivity index (χ0) is 14.8. The largest absolute Gasteiger partial charge is 0.360 e. The number of rotatable bonds is 3. The first-order valence-corrected chi connectivity index (χ1v) is 6.31. The Kier molecular flexibility index (Phi) is 3.23. The zero-order valence-corrected chi connectivity index (χ0v) is 11.2. The van der Waals surface area contributed by atoms with Crippen molar-refractivity contribution in [3.8, 4) is 0 Å². The summed E-state index contributed by atoms with van der Waals surface area (Å²) >= 11 is 0. The van der Waals surface area contributed by atoms with E-state index in [9.17, 15) is 9.59 Å². The van der Waals surface area contributed by atoms with E-state index in [0.717, 1.165) is 0 Å². The predicted octanol–water partition coefficient (Wildman–Crippen LogP) is 1.33. The summed E-state index contributed by atoms with van der Waals surface area (Å²) in [6.45, 7) is 1.61. The highest BCUT2D eigenvalue weighted by molar-refractivity contribution is 5.90. The molecule has 2 aromatic heterocycles. The standard InChI is InChI=1S/C14H12N4O3/c1-9-6-12(17-21-9)16-13(19)8-18-11-5-3-2-4-10(11)15-7-14(18)20/h2-7H,8H2,1H3,(H,16,17,19). The van der Waals surface area contributed by atoms with Crippen molar-refractivity contribution in [1.82, 2.24) is 14.7 Å². The van der Waals surface area contributed by atoms with E-state index in [1.54, 1.807) is 31.2 Å². The second-order valence-electron chi connectivity index (χ2n) is 4.54. The van der Waals surface area contributed by atoms with Gasteiger partial charge in [0.2, 0.25) is 5.91 Å². The van der Waals surface area contributed by atoms with Gasteiger partial charge in [0, 0.05) is 6.07 Å². The van der Waals surface area contributed by atoms with Gasteiger partial charge in [0.25, 0.3) is 5.56 Å². The van der Waals surface area contributed by atoms with Crippen LogP contribution in [0.5, 0.6) is 0 Å². The number of fused-ring (bicyclic) bond motifs is 1. The molecule has 2 heterocycles. The molecule has 3 aromatic rings. The fourth-order valence-corrected chi connectivity index (χ4v) is 2.03. The van der Waals surface area contributed by atoms with Crippen molar-refractivity contribution in [3.63, 3.8) is 0 Å². The fraction of sp³-hybridized carbons (Fsp3) is 0.143. The van der Waals surface area contributed by atoms with E-state index in [4.69, 9.17) is 4.52 Å². The van der Waals surface area contributed by atoms with Crippen LogP contribution in [0.2, 0.25) is 0 Å². The maximum atomic E-state index is 12.0. The Hall–Kier alpha value is -2.96. The summed E-state index contributed by atoms with van der Waals surface area (Å²) in [6, 6.07) is 8.74. The Morgan fingerprint density at radius 2 is 2.19 bits per heavy atom. The van der Waals surface area contributed by atoms with Gasteiger partial charge in [-0.3, -0.25) is 14.2 Å². The van der Waals surface area contributed by atoms with Crippen LogP contribution < -0.4 is 10.9 Å². The van der Waals surface area contributed by atoms with E-state index in [2.05, 4.69) is 15.5 Å². The molecule has 1 amide bonds. The van der Waals surface area contributed by atoms with Gasteiger partial charge in [0.1, 0.15) is 12.3 Å². The molecule has 7 heteroatoms. The lowest BCUT2D eigenvalue weighted by Gasteiger charge is -2.08. The van der Waals surface area contributed by atoms with Gasteiger partial charge >= 0.3 is 0 Å².